The maximum absolute atomic E-state index is 12.1. The Bertz CT molecular complexity index is 483. The Kier molecular flexibility index (Phi) is 3.77. The third-order valence-electron chi connectivity index (χ3n) is 3.21. The summed E-state index contributed by atoms with van der Waals surface area (Å²) >= 11 is 0. The van der Waals surface area contributed by atoms with Gasteiger partial charge in [-0.2, -0.15) is 0 Å². The highest BCUT2D eigenvalue weighted by atomic mass is 16.2. The molecule has 1 aliphatic heterocycles. The van der Waals surface area contributed by atoms with Crippen LogP contribution in [0.5, 0.6) is 0 Å². The zero-order valence-corrected chi connectivity index (χ0v) is 10.6. The van der Waals surface area contributed by atoms with Gasteiger partial charge in [0.15, 0.2) is 0 Å². The third kappa shape index (κ3) is 2.29. The number of imide groups is 1. The van der Waals surface area contributed by atoms with Crippen molar-refractivity contribution in [1.29, 1.82) is 0 Å². The van der Waals surface area contributed by atoms with Crippen LogP contribution < -0.4 is 5.73 Å². The molecule has 2 rings (SSSR count). The van der Waals surface area contributed by atoms with Gasteiger partial charge in [0, 0.05) is 6.54 Å². The van der Waals surface area contributed by atoms with Crippen LogP contribution in [-0.2, 0) is 0 Å². The highest BCUT2D eigenvalue weighted by molar-refractivity contribution is 6.21. The minimum absolute atomic E-state index is 0.161. The molecular weight excluding hydrogens is 228 g/mol. The maximum atomic E-state index is 12.1. The zero-order valence-electron chi connectivity index (χ0n) is 10.6. The quantitative estimate of drug-likeness (QED) is 0.635. The van der Waals surface area contributed by atoms with Crippen LogP contribution in [0.15, 0.2) is 18.2 Å². The summed E-state index contributed by atoms with van der Waals surface area (Å²) < 4.78 is 0. The Labute approximate surface area is 107 Å². The largest absolute Gasteiger partial charge is 0.330 e. The van der Waals surface area contributed by atoms with E-state index in [1.807, 2.05) is 13.0 Å². The van der Waals surface area contributed by atoms with Gasteiger partial charge in [-0.3, -0.25) is 14.5 Å². The molecule has 0 aromatic heterocycles. The van der Waals surface area contributed by atoms with Gasteiger partial charge in [-0.25, -0.2) is 0 Å². The van der Waals surface area contributed by atoms with Crippen LogP contribution in [0.3, 0.4) is 0 Å². The molecule has 0 spiro atoms. The lowest BCUT2D eigenvalue weighted by Crippen LogP contribution is -2.30. The molecule has 0 atom stereocenters. The fourth-order valence-corrected chi connectivity index (χ4v) is 2.20. The molecule has 1 aromatic rings. The van der Waals surface area contributed by atoms with E-state index in [9.17, 15) is 9.59 Å². The van der Waals surface area contributed by atoms with E-state index >= 15 is 0 Å². The van der Waals surface area contributed by atoms with Gasteiger partial charge in [0.05, 0.1) is 11.1 Å². The van der Waals surface area contributed by atoms with Crippen molar-refractivity contribution < 1.29 is 9.59 Å². The number of amides is 2. The summed E-state index contributed by atoms with van der Waals surface area (Å²) in [5.74, 6) is -0.325. The highest BCUT2D eigenvalue weighted by Gasteiger charge is 2.34. The number of benzene rings is 1. The zero-order chi connectivity index (χ0) is 13.1. The van der Waals surface area contributed by atoms with Crippen molar-refractivity contribution in [2.45, 2.75) is 26.2 Å². The summed E-state index contributed by atoms with van der Waals surface area (Å²) in [4.78, 5) is 25.5. The standard InChI is InChI=1S/C14H18N2O2/c1-10-5-6-11-12(9-10)14(18)16(13(11)17)8-4-2-3-7-15/h5-6,9H,2-4,7-8,15H2,1H3. The number of unbranched alkanes of at least 4 members (excludes halogenated alkanes) is 2. The molecule has 1 aliphatic rings. The lowest BCUT2D eigenvalue weighted by atomic mass is 10.1. The van der Waals surface area contributed by atoms with Crippen LogP contribution in [0.1, 0.15) is 45.5 Å². The Hall–Kier alpha value is -1.68. The van der Waals surface area contributed by atoms with Crippen LogP contribution in [0, 0.1) is 6.92 Å². The fourth-order valence-electron chi connectivity index (χ4n) is 2.20. The van der Waals surface area contributed by atoms with Gasteiger partial charge < -0.3 is 5.73 Å². The topological polar surface area (TPSA) is 63.4 Å². The molecule has 0 radical (unpaired) electrons. The van der Waals surface area contributed by atoms with E-state index in [0.717, 1.165) is 24.8 Å². The molecule has 2 N–H and O–H groups in total. The monoisotopic (exact) mass is 246 g/mol. The second kappa shape index (κ2) is 5.31. The van der Waals surface area contributed by atoms with Crippen molar-refractivity contribution in [1.82, 2.24) is 4.90 Å². The molecule has 4 heteroatoms. The smallest absolute Gasteiger partial charge is 0.261 e. The highest BCUT2D eigenvalue weighted by Crippen LogP contribution is 2.24. The maximum Gasteiger partial charge on any atom is 0.261 e. The molecule has 0 saturated heterocycles. The van der Waals surface area contributed by atoms with E-state index in [4.69, 9.17) is 5.73 Å². The number of carbonyl (C=O) groups is 2. The summed E-state index contributed by atoms with van der Waals surface area (Å²) in [6, 6.07) is 5.39. The van der Waals surface area contributed by atoms with Crippen LogP contribution in [-0.4, -0.2) is 29.8 Å². The lowest BCUT2D eigenvalue weighted by Gasteiger charge is -2.13. The van der Waals surface area contributed by atoms with E-state index in [-0.39, 0.29) is 11.8 Å². The molecule has 0 fully saturated rings. The number of hydrogen-bond donors (Lipinski definition) is 1. The predicted octanol–water partition coefficient (Wildman–Crippen LogP) is 1.72. The molecule has 0 unspecified atom stereocenters. The van der Waals surface area contributed by atoms with Crippen molar-refractivity contribution in [2.75, 3.05) is 13.1 Å². The first kappa shape index (κ1) is 12.8. The van der Waals surface area contributed by atoms with Gasteiger partial charge in [0.1, 0.15) is 0 Å². The normalized spacial score (nSPS) is 14.2. The first-order chi connectivity index (χ1) is 8.65. The van der Waals surface area contributed by atoms with Crippen LogP contribution in [0.2, 0.25) is 0 Å². The van der Waals surface area contributed by atoms with E-state index in [2.05, 4.69) is 0 Å². The Balaban J connectivity index is 2.08. The fraction of sp³-hybridized carbons (Fsp3) is 0.429. The first-order valence-corrected chi connectivity index (χ1v) is 6.32. The SMILES string of the molecule is Cc1ccc2c(c1)C(=O)N(CCCCCN)C2=O. The van der Waals surface area contributed by atoms with Crippen LogP contribution in [0.4, 0.5) is 0 Å². The molecule has 1 aromatic carbocycles. The molecule has 2 amide bonds. The molecule has 1 heterocycles. The number of carbonyl (C=O) groups excluding carboxylic acids is 2. The van der Waals surface area contributed by atoms with E-state index < -0.39 is 0 Å². The minimum atomic E-state index is -0.164. The van der Waals surface area contributed by atoms with E-state index in [1.54, 1.807) is 12.1 Å². The third-order valence-corrected chi connectivity index (χ3v) is 3.21. The van der Waals surface area contributed by atoms with Gasteiger partial charge in [-0.1, -0.05) is 18.1 Å². The summed E-state index contributed by atoms with van der Waals surface area (Å²) in [6.07, 6.45) is 2.70. The second-order valence-corrected chi connectivity index (χ2v) is 4.66. The number of nitrogens with two attached hydrogens (primary N) is 1. The van der Waals surface area contributed by atoms with Crippen LogP contribution >= 0.6 is 0 Å². The summed E-state index contributed by atoms with van der Waals surface area (Å²) in [5, 5.41) is 0. The van der Waals surface area contributed by atoms with Gasteiger partial charge in [0.25, 0.3) is 11.8 Å². The number of nitrogens with zero attached hydrogens (tertiary/aromatic N) is 1. The molecule has 4 nitrogen and oxygen atoms in total. The van der Waals surface area contributed by atoms with Gasteiger partial charge in [-0.05, 0) is 38.4 Å². The molecule has 0 saturated carbocycles. The number of fused-ring (bicyclic) bond motifs is 1. The average Bonchev–Trinajstić information content (AvgIpc) is 2.59. The number of rotatable bonds is 5. The van der Waals surface area contributed by atoms with Crippen molar-refractivity contribution in [3.63, 3.8) is 0 Å². The molecule has 18 heavy (non-hydrogen) atoms. The van der Waals surface area contributed by atoms with E-state index in [0.29, 0.717) is 24.2 Å². The molecule has 0 aliphatic carbocycles. The first-order valence-electron chi connectivity index (χ1n) is 6.32. The van der Waals surface area contributed by atoms with Crippen molar-refractivity contribution in [3.05, 3.63) is 34.9 Å². The summed E-state index contributed by atoms with van der Waals surface area (Å²) in [6.45, 7) is 3.06. The van der Waals surface area contributed by atoms with Gasteiger partial charge in [0.2, 0.25) is 0 Å². The minimum Gasteiger partial charge on any atom is -0.330 e. The average molecular weight is 246 g/mol. The van der Waals surface area contributed by atoms with Crippen molar-refractivity contribution in [2.24, 2.45) is 5.73 Å². The molecular formula is C14H18N2O2. The second-order valence-electron chi connectivity index (χ2n) is 4.66. The molecule has 96 valence electrons. The number of hydrogen-bond acceptors (Lipinski definition) is 3. The van der Waals surface area contributed by atoms with Gasteiger partial charge in [-0.15, -0.1) is 0 Å². The number of aryl methyl sites for hydroxylation is 1. The van der Waals surface area contributed by atoms with Crippen molar-refractivity contribution >= 4 is 11.8 Å². The molecule has 0 bridgehead atoms. The predicted molar refractivity (Wildman–Crippen MR) is 69.5 cm³/mol. The Morgan fingerprint density at radius 1 is 1.06 bits per heavy atom. The van der Waals surface area contributed by atoms with Crippen molar-refractivity contribution in [3.8, 4) is 0 Å². The van der Waals surface area contributed by atoms with Crippen LogP contribution in [0.25, 0.3) is 0 Å². The Morgan fingerprint density at radius 2 is 1.78 bits per heavy atom. The van der Waals surface area contributed by atoms with E-state index in [1.165, 1.54) is 4.90 Å². The summed E-state index contributed by atoms with van der Waals surface area (Å²) in [5.41, 5.74) is 7.49. The lowest BCUT2D eigenvalue weighted by molar-refractivity contribution is 0.0651. The summed E-state index contributed by atoms with van der Waals surface area (Å²) in [7, 11) is 0. The Morgan fingerprint density at radius 3 is 2.50 bits per heavy atom. The van der Waals surface area contributed by atoms with Gasteiger partial charge >= 0.3 is 0 Å².